The number of nitrogens with one attached hydrogen (secondary N) is 2. The Hall–Kier alpha value is -3.02. The Bertz CT molecular complexity index is 834. The summed E-state index contributed by atoms with van der Waals surface area (Å²) in [6.07, 6.45) is 3.30. The van der Waals surface area contributed by atoms with Gasteiger partial charge in [-0.25, -0.2) is 4.79 Å². The molecule has 6 nitrogen and oxygen atoms in total. The van der Waals surface area contributed by atoms with Crippen molar-refractivity contribution < 1.29 is 14.3 Å². The van der Waals surface area contributed by atoms with Gasteiger partial charge < -0.3 is 20.3 Å². The Labute approximate surface area is 178 Å². The highest BCUT2D eigenvalue weighted by molar-refractivity contribution is 5.89. The molecule has 1 heterocycles. The number of piperidine rings is 1. The molecule has 1 unspecified atom stereocenters. The van der Waals surface area contributed by atoms with E-state index < -0.39 is 0 Å². The number of hydrogen-bond donors (Lipinski definition) is 2. The van der Waals surface area contributed by atoms with Crippen LogP contribution in [0.2, 0.25) is 0 Å². The minimum atomic E-state index is -0.0625. The predicted molar refractivity (Wildman–Crippen MR) is 119 cm³/mol. The van der Waals surface area contributed by atoms with Crippen LogP contribution in [0.15, 0.2) is 48.5 Å². The molecule has 1 aliphatic heterocycles. The number of nitrogens with zero attached hydrogens (tertiary/aromatic N) is 1. The molecule has 2 aromatic carbocycles. The van der Waals surface area contributed by atoms with Crippen LogP contribution < -0.4 is 15.4 Å². The number of urea groups is 1. The summed E-state index contributed by atoms with van der Waals surface area (Å²) in [6, 6.07) is 15.4. The average molecular weight is 410 g/mol. The monoisotopic (exact) mass is 409 g/mol. The van der Waals surface area contributed by atoms with Crippen molar-refractivity contribution in [1.29, 1.82) is 0 Å². The summed E-state index contributed by atoms with van der Waals surface area (Å²) in [5, 5.41) is 5.94. The van der Waals surface area contributed by atoms with E-state index in [2.05, 4.69) is 10.6 Å². The first-order valence-electron chi connectivity index (χ1n) is 10.6. The maximum atomic E-state index is 12.6. The van der Waals surface area contributed by atoms with E-state index in [1.165, 1.54) is 0 Å². The van der Waals surface area contributed by atoms with Gasteiger partial charge in [0.1, 0.15) is 5.75 Å². The molecule has 0 bridgehead atoms. The number of carbonyl (C=O) groups excluding carboxylic acids is 2. The lowest BCUT2D eigenvalue weighted by Gasteiger charge is -2.32. The van der Waals surface area contributed by atoms with E-state index in [-0.39, 0.29) is 11.9 Å². The van der Waals surface area contributed by atoms with Gasteiger partial charge >= 0.3 is 6.03 Å². The van der Waals surface area contributed by atoms with Gasteiger partial charge in [0.15, 0.2) is 0 Å². The van der Waals surface area contributed by atoms with E-state index in [9.17, 15) is 9.59 Å². The fourth-order valence-electron chi connectivity index (χ4n) is 3.69. The zero-order valence-electron chi connectivity index (χ0n) is 17.8. The summed E-state index contributed by atoms with van der Waals surface area (Å²) in [7, 11) is 1.63. The van der Waals surface area contributed by atoms with Crippen LogP contribution in [0.5, 0.6) is 5.75 Å². The molecule has 2 N–H and O–H groups in total. The van der Waals surface area contributed by atoms with Crippen molar-refractivity contribution in [3.8, 4) is 5.75 Å². The summed E-state index contributed by atoms with van der Waals surface area (Å²) >= 11 is 0. The number of aryl methyl sites for hydroxylation is 1. The van der Waals surface area contributed by atoms with Gasteiger partial charge in [-0.2, -0.15) is 0 Å². The molecule has 3 rings (SSSR count). The summed E-state index contributed by atoms with van der Waals surface area (Å²) in [6.45, 7) is 3.99. The van der Waals surface area contributed by atoms with Crippen molar-refractivity contribution in [1.82, 2.24) is 10.2 Å². The standard InChI is InChI=1S/C24H31N3O3/c1-18-5-10-21(11-6-18)26-24(29)27-15-3-4-20(17-27)9-14-23(28)25-16-19-7-12-22(30-2)13-8-19/h5-8,10-13,20H,3-4,9,14-17H2,1-2H3,(H,25,28)(H,26,29). The molecule has 2 aromatic rings. The number of likely N-dealkylation sites (tertiary alicyclic amines) is 1. The minimum Gasteiger partial charge on any atom is -0.497 e. The molecule has 1 atom stereocenters. The molecule has 0 saturated carbocycles. The van der Waals surface area contributed by atoms with Gasteiger partial charge in [-0.05, 0) is 61.9 Å². The number of hydrogen-bond acceptors (Lipinski definition) is 3. The zero-order valence-corrected chi connectivity index (χ0v) is 17.8. The second-order valence-electron chi connectivity index (χ2n) is 7.91. The Kier molecular flexibility index (Phi) is 7.71. The van der Waals surface area contributed by atoms with Crippen LogP contribution in [0.3, 0.4) is 0 Å². The van der Waals surface area contributed by atoms with Crippen molar-refractivity contribution in [2.45, 2.75) is 39.2 Å². The molecule has 30 heavy (non-hydrogen) atoms. The normalized spacial score (nSPS) is 16.1. The fourth-order valence-corrected chi connectivity index (χ4v) is 3.69. The van der Waals surface area contributed by atoms with Crippen LogP contribution in [0, 0.1) is 12.8 Å². The van der Waals surface area contributed by atoms with Crippen LogP contribution in [0.4, 0.5) is 10.5 Å². The lowest BCUT2D eigenvalue weighted by molar-refractivity contribution is -0.121. The van der Waals surface area contributed by atoms with Gasteiger partial charge in [-0.1, -0.05) is 29.8 Å². The maximum absolute atomic E-state index is 12.6. The highest BCUT2D eigenvalue weighted by atomic mass is 16.5. The first kappa shape index (κ1) is 21.7. The van der Waals surface area contributed by atoms with Gasteiger partial charge in [0.2, 0.25) is 5.91 Å². The lowest BCUT2D eigenvalue weighted by atomic mass is 9.93. The average Bonchev–Trinajstić information content (AvgIpc) is 2.78. The third kappa shape index (κ3) is 6.51. The highest BCUT2D eigenvalue weighted by Gasteiger charge is 2.24. The lowest BCUT2D eigenvalue weighted by Crippen LogP contribution is -2.42. The highest BCUT2D eigenvalue weighted by Crippen LogP contribution is 2.22. The van der Waals surface area contributed by atoms with E-state index in [0.717, 1.165) is 48.4 Å². The van der Waals surface area contributed by atoms with E-state index in [4.69, 9.17) is 4.74 Å². The van der Waals surface area contributed by atoms with E-state index in [0.29, 0.717) is 25.4 Å². The molecule has 0 aliphatic carbocycles. The fraction of sp³-hybridized carbons (Fsp3) is 0.417. The summed E-state index contributed by atoms with van der Waals surface area (Å²) < 4.78 is 5.14. The molecular formula is C24H31N3O3. The summed E-state index contributed by atoms with van der Waals surface area (Å²) in [5.74, 6) is 1.21. The van der Waals surface area contributed by atoms with Crippen LogP contribution in [0.1, 0.15) is 36.8 Å². The van der Waals surface area contributed by atoms with E-state index >= 15 is 0 Å². The second kappa shape index (κ2) is 10.7. The molecule has 1 aliphatic rings. The summed E-state index contributed by atoms with van der Waals surface area (Å²) in [5.41, 5.74) is 3.02. The number of amides is 3. The van der Waals surface area contributed by atoms with Crippen molar-refractivity contribution in [3.63, 3.8) is 0 Å². The Morgan fingerprint density at radius 1 is 1.10 bits per heavy atom. The third-order valence-corrected chi connectivity index (χ3v) is 5.54. The molecular weight excluding hydrogens is 378 g/mol. The van der Waals surface area contributed by atoms with Crippen LogP contribution in [0.25, 0.3) is 0 Å². The molecule has 1 fully saturated rings. The molecule has 160 valence electrons. The third-order valence-electron chi connectivity index (χ3n) is 5.54. The van der Waals surface area contributed by atoms with Gasteiger partial charge in [0, 0.05) is 31.7 Å². The molecule has 0 spiro atoms. The largest absolute Gasteiger partial charge is 0.497 e. The van der Waals surface area contributed by atoms with Crippen LogP contribution >= 0.6 is 0 Å². The van der Waals surface area contributed by atoms with Gasteiger partial charge in [-0.15, -0.1) is 0 Å². The van der Waals surface area contributed by atoms with Crippen molar-refractivity contribution in [2.75, 3.05) is 25.5 Å². The van der Waals surface area contributed by atoms with Gasteiger partial charge in [-0.3, -0.25) is 4.79 Å². The van der Waals surface area contributed by atoms with Gasteiger partial charge in [0.05, 0.1) is 7.11 Å². The number of anilines is 1. The van der Waals surface area contributed by atoms with Crippen LogP contribution in [-0.4, -0.2) is 37.0 Å². The Morgan fingerprint density at radius 3 is 2.53 bits per heavy atom. The smallest absolute Gasteiger partial charge is 0.321 e. The van der Waals surface area contributed by atoms with Crippen LogP contribution in [-0.2, 0) is 11.3 Å². The second-order valence-corrected chi connectivity index (χ2v) is 7.91. The molecule has 1 saturated heterocycles. The maximum Gasteiger partial charge on any atom is 0.321 e. The zero-order chi connectivity index (χ0) is 21.3. The predicted octanol–water partition coefficient (Wildman–Crippen LogP) is 4.34. The number of rotatable bonds is 7. The first-order valence-corrected chi connectivity index (χ1v) is 10.6. The number of ether oxygens (including phenoxy) is 1. The van der Waals surface area contributed by atoms with Crippen molar-refractivity contribution in [2.24, 2.45) is 5.92 Å². The van der Waals surface area contributed by atoms with Gasteiger partial charge in [0.25, 0.3) is 0 Å². The quantitative estimate of drug-likeness (QED) is 0.714. The minimum absolute atomic E-state index is 0.0482. The molecule has 0 aromatic heterocycles. The van der Waals surface area contributed by atoms with E-state index in [1.807, 2.05) is 60.4 Å². The number of methoxy groups -OCH3 is 1. The van der Waals surface area contributed by atoms with E-state index in [1.54, 1.807) is 7.11 Å². The number of benzene rings is 2. The topological polar surface area (TPSA) is 70.7 Å². The SMILES string of the molecule is COc1ccc(CNC(=O)CCC2CCCN(C(=O)Nc3ccc(C)cc3)C2)cc1. The number of carbonyl (C=O) groups is 2. The molecule has 0 radical (unpaired) electrons. The Morgan fingerprint density at radius 2 is 1.83 bits per heavy atom. The molecule has 3 amide bonds. The first-order chi connectivity index (χ1) is 14.5. The van der Waals surface area contributed by atoms with Crippen molar-refractivity contribution >= 4 is 17.6 Å². The summed E-state index contributed by atoms with van der Waals surface area (Å²) in [4.78, 5) is 26.7. The van der Waals surface area contributed by atoms with Crippen molar-refractivity contribution in [3.05, 3.63) is 59.7 Å². The Balaban J connectivity index is 1.40. The molecule has 6 heteroatoms.